The zero-order valence-electron chi connectivity index (χ0n) is 12.9. The van der Waals surface area contributed by atoms with Crippen molar-refractivity contribution in [1.82, 2.24) is 4.98 Å². The number of hydrogen-bond acceptors (Lipinski definition) is 3. The lowest BCUT2D eigenvalue weighted by Gasteiger charge is -2.21. The van der Waals surface area contributed by atoms with Crippen LogP contribution in [0.1, 0.15) is 31.4 Å². The first-order valence-electron chi connectivity index (χ1n) is 7.35. The van der Waals surface area contributed by atoms with Crippen LogP contribution in [0.2, 0.25) is 0 Å². The van der Waals surface area contributed by atoms with Gasteiger partial charge >= 0.3 is 0 Å². The van der Waals surface area contributed by atoms with E-state index in [0.29, 0.717) is 0 Å². The van der Waals surface area contributed by atoms with E-state index in [1.807, 2.05) is 43.6 Å². The molecule has 116 valence electrons. The minimum Gasteiger partial charge on any atom is -0.497 e. The number of aromatic nitrogens is 1. The van der Waals surface area contributed by atoms with Crippen molar-refractivity contribution >= 4 is 21.6 Å². The van der Waals surface area contributed by atoms with Crippen molar-refractivity contribution in [3.05, 3.63) is 64.9 Å². The van der Waals surface area contributed by atoms with E-state index in [0.717, 1.165) is 28.8 Å². The number of pyridine rings is 1. The molecule has 0 amide bonds. The summed E-state index contributed by atoms with van der Waals surface area (Å²) >= 11 is 3.60. The smallest absolute Gasteiger partial charge is 0.119 e. The Bertz CT molecular complexity index is 611. The molecule has 0 saturated carbocycles. The van der Waals surface area contributed by atoms with E-state index >= 15 is 0 Å². The van der Waals surface area contributed by atoms with Crippen molar-refractivity contribution in [1.29, 1.82) is 0 Å². The second-order valence-electron chi connectivity index (χ2n) is 4.97. The summed E-state index contributed by atoms with van der Waals surface area (Å²) in [6.45, 7) is 2.05. The number of hydrogen-bond donors (Lipinski definition) is 1. The highest BCUT2D eigenvalue weighted by atomic mass is 79.9. The highest BCUT2D eigenvalue weighted by molar-refractivity contribution is 9.10. The van der Waals surface area contributed by atoms with Crippen molar-refractivity contribution in [2.45, 2.75) is 25.8 Å². The maximum Gasteiger partial charge on any atom is 0.119 e. The predicted molar refractivity (Wildman–Crippen MR) is 95.3 cm³/mol. The van der Waals surface area contributed by atoms with Crippen LogP contribution in [-0.4, -0.2) is 12.1 Å². The molecule has 0 aliphatic heterocycles. The quantitative estimate of drug-likeness (QED) is 0.674. The maximum absolute atomic E-state index is 5.20. The van der Waals surface area contributed by atoms with Gasteiger partial charge in [-0.05, 0) is 71.6 Å². The fourth-order valence-electron chi connectivity index (χ4n) is 2.29. The van der Waals surface area contributed by atoms with E-state index < -0.39 is 0 Å². The first kappa shape index (κ1) is 16.6. The Morgan fingerprint density at radius 2 is 2.05 bits per heavy atom. The summed E-state index contributed by atoms with van der Waals surface area (Å²) in [5, 5.41) is 3.60. The van der Waals surface area contributed by atoms with Crippen LogP contribution in [0.3, 0.4) is 0 Å². The molecule has 0 aliphatic rings. The second kappa shape index (κ2) is 8.59. The van der Waals surface area contributed by atoms with Crippen molar-refractivity contribution in [3.63, 3.8) is 0 Å². The van der Waals surface area contributed by atoms with Gasteiger partial charge in [-0.15, -0.1) is 0 Å². The van der Waals surface area contributed by atoms with Crippen LogP contribution in [0.5, 0.6) is 5.75 Å². The van der Waals surface area contributed by atoms with E-state index in [4.69, 9.17) is 4.74 Å². The molecule has 0 bridgehead atoms. The summed E-state index contributed by atoms with van der Waals surface area (Å²) < 4.78 is 6.23. The number of nitrogens with one attached hydrogen (secondary N) is 1. The summed E-state index contributed by atoms with van der Waals surface area (Å²) in [5.41, 5.74) is 2.30. The average molecular weight is 361 g/mol. The Hall–Kier alpha value is -1.81. The Labute approximate surface area is 140 Å². The summed E-state index contributed by atoms with van der Waals surface area (Å²) in [6.07, 6.45) is 9.99. The first-order valence-corrected chi connectivity index (χ1v) is 8.15. The summed E-state index contributed by atoms with van der Waals surface area (Å²) in [4.78, 5) is 4.15. The molecule has 4 heteroatoms. The summed E-state index contributed by atoms with van der Waals surface area (Å²) in [7, 11) is 1.68. The van der Waals surface area contributed by atoms with Crippen LogP contribution in [-0.2, 0) is 0 Å². The molecule has 2 rings (SSSR count). The van der Waals surface area contributed by atoms with E-state index in [-0.39, 0.29) is 6.04 Å². The van der Waals surface area contributed by atoms with Gasteiger partial charge in [-0.3, -0.25) is 4.98 Å². The largest absolute Gasteiger partial charge is 0.497 e. The van der Waals surface area contributed by atoms with Gasteiger partial charge in [0.2, 0.25) is 0 Å². The third kappa shape index (κ3) is 4.60. The van der Waals surface area contributed by atoms with Gasteiger partial charge in [0.05, 0.1) is 13.2 Å². The predicted octanol–water partition coefficient (Wildman–Crippen LogP) is 5.36. The van der Waals surface area contributed by atoms with Crippen molar-refractivity contribution in [2.24, 2.45) is 0 Å². The molecule has 0 spiro atoms. The number of rotatable bonds is 7. The summed E-state index contributed by atoms with van der Waals surface area (Å²) in [5.74, 6) is 0.862. The number of benzene rings is 1. The first-order chi connectivity index (χ1) is 10.7. The van der Waals surface area contributed by atoms with Crippen LogP contribution in [0.25, 0.3) is 0 Å². The number of allylic oxidation sites excluding steroid dienone is 2. The van der Waals surface area contributed by atoms with Gasteiger partial charge in [0, 0.05) is 22.6 Å². The van der Waals surface area contributed by atoms with Gasteiger partial charge in [0.1, 0.15) is 5.75 Å². The minimum atomic E-state index is 0.224. The maximum atomic E-state index is 5.20. The third-order valence-electron chi connectivity index (χ3n) is 3.47. The lowest BCUT2D eigenvalue weighted by molar-refractivity contribution is 0.415. The van der Waals surface area contributed by atoms with Crippen molar-refractivity contribution in [2.75, 3.05) is 12.4 Å². The molecule has 1 N–H and O–H groups in total. The molecule has 0 aliphatic carbocycles. The number of ether oxygens (including phenoxy) is 1. The molecule has 3 nitrogen and oxygen atoms in total. The van der Waals surface area contributed by atoms with Gasteiger partial charge in [-0.25, -0.2) is 0 Å². The van der Waals surface area contributed by atoms with Crippen molar-refractivity contribution < 1.29 is 4.74 Å². The molecule has 0 radical (unpaired) electrons. The SMILES string of the molecule is C/C=C/CCC(Nc1ccc(OC)cc1)c1ccncc1Br. The van der Waals surface area contributed by atoms with Crippen LogP contribution >= 0.6 is 15.9 Å². The Morgan fingerprint density at radius 3 is 2.68 bits per heavy atom. The average Bonchev–Trinajstić information content (AvgIpc) is 2.55. The molecular formula is C18H21BrN2O. The Kier molecular flexibility index (Phi) is 6.46. The molecule has 1 unspecified atom stereocenters. The topological polar surface area (TPSA) is 34.1 Å². The van der Waals surface area contributed by atoms with Crippen LogP contribution in [0.4, 0.5) is 5.69 Å². The van der Waals surface area contributed by atoms with E-state index in [1.165, 1.54) is 5.56 Å². The molecule has 22 heavy (non-hydrogen) atoms. The number of anilines is 1. The molecular weight excluding hydrogens is 340 g/mol. The lowest BCUT2D eigenvalue weighted by atomic mass is 10.0. The molecule has 1 aromatic heterocycles. The van der Waals surface area contributed by atoms with Crippen LogP contribution in [0, 0.1) is 0 Å². The van der Waals surface area contributed by atoms with Crippen molar-refractivity contribution in [3.8, 4) is 5.75 Å². The molecule has 1 atom stereocenters. The molecule has 1 aromatic carbocycles. The van der Waals surface area contributed by atoms with Gasteiger partial charge in [-0.1, -0.05) is 12.2 Å². The number of halogens is 1. The highest BCUT2D eigenvalue weighted by Gasteiger charge is 2.14. The monoisotopic (exact) mass is 360 g/mol. The second-order valence-corrected chi connectivity index (χ2v) is 5.82. The number of methoxy groups -OCH3 is 1. The highest BCUT2D eigenvalue weighted by Crippen LogP contribution is 2.29. The molecule has 0 fully saturated rings. The van der Waals surface area contributed by atoms with E-state index in [1.54, 1.807) is 7.11 Å². The van der Waals surface area contributed by atoms with Crippen LogP contribution in [0.15, 0.2) is 59.4 Å². The molecule has 0 saturated heterocycles. The lowest BCUT2D eigenvalue weighted by Crippen LogP contribution is -2.11. The standard InChI is InChI=1S/C18H21BrN2O/c1-3-4-5-6-18(16-11-12-20-13-17(16)19)21-14-7-9-15(22-2)10-8-14/h3-4,7-13,18,21H,5-6H2,1-2H3/b4-3+. The fraction of sp³-hybridized carbons (Fsp3) is 0.278. The number of nitrogens with zero attached hydrogens (tertiary/aromatic N) is 1. The molecule has 2 aromatic rings. The van der Waals surface area contributed by atoms with Crippen LogP contribution < -0.4 is 10.1 Å². The normalized spacial score (nSPS) is 12.3. The minimum absolute atomic E-state index is 0.224. The summed E-state index contributed by atoms with van der Waals surface area (Å²) in [6, 6.07) is 10.3. The Morgan fingerprint density at radius 1 is 1.27 bits per heavy atom. The van der Waals surface area contributed by atoms with Gasteiger partial charge in [0.15, 0.2) is 0 Å². The fourth-order valence-corrected chi connectivity index (χ4v) is 2.82. The third-order valence-corrected chi connectivity index (χ3v) is 4.13. The van der Waals surface area contributed by atoms with Gasteiger partial charge in [0.25, 0.3) is 0 Å². The van der Waals surface area contributed by atoms with E-state index in [2.05, 4.69) is 44.4 Å². The van der Waals surface area contributed by atoms with Gasteiger partial charge < -0.3 is 10.1 Å². The molecule has 1 heterocycles. The zero-order chi connectivity index (χ0) is 15.8. The van der Waals surface area contributed by atoms with E-state index in [9.17, 15) is 0 Å². The van der Waals surface area contributed by atoms with Gasteiger partial charge in [-0.2, -0.15) is 0 Å². The Balaban J connectivity index is 2.18. The zero-order valence-corrected chi connectivity index (χ0v) is 14.5.